The molecule has 0 fully saturated rings. The number of H-pyrrole nitrogens is 1. The summed E-state index contributed by atoms with van der Waals surface area (Å²) in [4.78, 5) is 7.47. The number of aromatic nitrogens is 2. The number of anilines is 1. The van der Waals surface area contributed by atoms with Crippen molar-refractivity contribution in [3.05, 3.63) is 73.1 Å². The van der Waals surface area contributed by atoms with Gasteiger partial charge in [0.15, 0.2) is 0 Å². The first-order valence-corrected chi connectivity index (χ1v) is 7.66. The summed E-state index contributed by atoms with van der Waals surface area (Å²) in [5, 5.41) is 7.83. The Kier molecular flexibility index (Phi) is 4.52. The first-order chi connectivity index (χ1) is 11.3. The molecule has 2 heterocycles. The number of nitrogens with zero attached hydrogens (tertiary/aromatic N) is 3. The molecular formula is C19H20N4. The number of nitrogens with one attached hydrogen (secondary N) is 1. The van der Waals surface area contributed by atoms with Crippen molar-refractivity contribution < 1.29 is 0 Å². The van der Waals surface area contributed by atoms with Crippen molar-refractivity contribution in [2.45, 2.75) is 13.3 Å². The van der Waals surface area contributed by atoms with Gasteiger partial charge in [-0.05, 0) is 24.6 Å². The molecule has 4 nitrogen and oxygen atoms in total. The molecule has 3 aromatic rings. The van der Waals surface area contributed by atoms with Gasteiger partial charge in [0.25, 0.3) is 0 Å². The molecule has 1 N–H and O–H groups in total. The van der Waals surface area contributed by atoms with Crippen molar-refractivity contribution >= 4 is 22.4 Å². The fourth-order valence-corrected chi connectivity index (χ4v) is 2.62. The van der Waals surface area contributed by atoms with E-state index in [2.05, 4.69) is 47.7 Å². The lowest BCUT2D eigenvalue weighted by Gasteiger charge is -2.19. The maximum absolute atomic E-state index is 4.80. The molecule has 0 saturated carbocycles. The molecule has 0 aliphatic carbocycles. The van der Waals surface area contributed by atoms with E-state index >= 15 is 0 Å². The predicted molar refractivity (Wildman–Crippen MR) is 96.9 cm³/mol. The summed E-state index contributed by atoms with van der Waals surface area (Å²) in [7, 11) is 0. The fourth-order valence-electron chi connectivity index (χ4n) is 2.62. The van der Waals surface area contributed by atoms with Crippen molar-refractivity contribution in [3.63, 3.8) is 0 Å². The number of fused-ring (bicyclic) bond motifs is 1. The van der Waals surface area contributed by atoms with Crippen molar-refractivity contribution in [2.24, 2.45) is 5.10 Å². The average molecular weight is 304 g/mol. The van der Waals surface area contributed by atoms with Gasteiger partial charge < -0.3 is 4.98 Å². The molecule has 0 amide bonds. The molecule has 4 heteroatoms. The highest BCUT2D eigenvalue weighted by Gasteiger charge is 2.10. The van der Waals surface area contributed by atoms with Crippen LogP contribution in [0.3, 0.4) is 0 Å². The molecule has 0 aliphatic rings. The van der Waals surface area contributed by atoms with Crippen LogP contribution in [0.25, 0.3) is 11.0 Å². The molecule has 3 rings (SSSR count). The zero-order chi connectivity index (χ0) is 16.1. The average Bonchev–Trinajstić information content (AvgIpc) is 3.04. The summed E-state index contributed by atoms with van der Waals surface area (Å²) in [5.74, 6) is 0. The molecule has 1 aromatic carbocycles. The first kappa shape index (κ1) is 15.0. The molecule has 0 bridgehead atoms. The second-order valence-electron chi connectivity index (χ2n) is 5.44. The Morgan fingerprint density at radius 2 is 2.09 bits per heavy atom. The monoisotopic (exact) mass is 304 g/mol. The zero-order valence-corrected chi connectivity index (χ0v) is 13.2. The fraction of sp³-hybridized carbons (Fsp3) is 0.158. The van der Waals surface area contributed by atoms with Gasteiger partial charge >= 0.3 is 0 Å². The Morgan fingerprint density at radius 3 is 2.87 bits per heavy atom. The second kappa shape index (κ2) is 6.92. The van der Waals surface area contributed by atoms with Gasteiger partial charge in [0.05, 0.1) is 12.2 Å². The Morgan fingerprint density at radius 1 is 1.26 bits per heavy atom. The third-order valence-electron chi connectivity index (χ3n) is 3.61. The van der Waals surface area contributed by atoms with Crippen LogP contribution in [0.4, 0.5) is 5.69 Å². The van der Waals surface area contributed by atoms with Crippen LogP contribution < -0.4 is 5.01 Å². The normalized spacial score (nSPS) is 11.6. The minimum atomic E-state index is 0.649. The third-order valence-corrected chi connectivity index (χ3v) is 3.61. The number of rotatable bonds is 6. The Balaban J connectivity index is 1.91. The highest BCUT2D eigenvalue weighted by atomic mass is 15.5. The summed E-state index contributed by atoms with van der Waals surface area (Å²) in [6, 6.07) is 14.4. The summed E-state index contributed by atoms with van der Waals surface area (Å²) in [6.45, 7) is 6.55. The van der Waals surface area contributed by atoms with E-state index in [0.29, 0.717) is 6.54 Å². The van der Waals surface area contributed by atoms with Crippen molar-refractivity contribution in [1.82, 2.24) is 9.97 Å². The van der Waals surface area contributed by atoms with Gasteiger partial charge in [-0.15, -0.1) is 6.58 Å². The van der Waals surface area contributed by atoms with Crippen LogP contribution in [0.15, 0.2) is 72.6 Å². The maximum Gasteiger partial charge on any atom is 0.139 e. The third kappa shape index (κ3) is 3.48. The van der Waals surface area contributed by atoms with Crippen LogP contribution in [0, 0.1) is 0 Å². The van der Waals surface area contributed by atoms with Crippen molar-refractivity contribution in [2.75, 3.05) is 11.6 Å². The first-order valence-electron chi connectivity index (χ1n) is 7.66. The van der Waals surface area contributed by atoms with Crippen LogP contribution in [0.2, 0.25) is 0 Å². The van der Waals surface area contributed by atoms with Crippen molar-refractivity contribution in [1.29, 1.82) is 0 Å². The molecule has 2 aromatic heterocycles. The number of hydrazone groups is 1. The second-order valence-corrected chi connectivity index (χ2v) is 5.44. The van der Waals surface area contributed by atoms with E-state index < -0.39 is 0 Å². The SMILES string of the molecule is C=CCN(/N=C(/C)Cc1ccccc1)c1ccnc2[nH]ccc12. The van der Waals surface area contributed by atoms with E-state index in [1.807, 2.05) is 35.5 Å². The van der Waals surface area contributed by atoms with Gasteiger partial charge in [-0.25, -0.2) is 4.98 Å². The maximum atomic E-state index is 4.80. The standard InChI is InChI=1S/C19H20N4/c1-3-13-23(18-10-12-21-19-17(18)9-11-20-19)22-15(2)14-16-7-5-4-6-8-16/h3-12H,1,13-14H2,2H3,(H,20,21)/b22-15-. The minimum Gasteiger partial charge on any atom is -0.346 e. The van der Waals surface area contributed by atoms with Crippen LogP contribution in [-0.2, 0) is 6.42 Å². The lowest BCUT2D eigenvalue weighted by atomic mass is 10.1. The molecule has 0 atom stereocenters. The van der Waals surface area contributed by atoms with Gasteiger partial charge in [0.2, 0.25) is 0 Å². The Labute approximate surface area is 136 Å². The van der Waals surface area contributed by atoms with E-state index in [9.17, 15) is 0 Å². The van der Waals surface area contributed by atoms with E-state index in [1.165, 1.54) is 5.56 Å². The summed E-state index contributed by atoms with van der Waals surface area (Å²) in [5.41, 5.74) is 4.21. The summed E-state index contributed by atoms with van der Waals surface area (Å²) >= 11 is 0. The van der Waals surface area contributed by atoms with Gasteiger partial charge in [-0.1, -0.05) is 36.4 Å². The van der Waals surface area contributed by atoms with Crippen LogP contribution in [0.5, 0.6) is 0 Å². The molecule has 0 spiro atoms. The minimum absolute atomic E-state index is 0.649. The van der Waals surface area contributed by atoms with E-state index in [-0.39, 0.29) is 0 Å². The molecule has 0 radical (unpaired) electrons. The topological polar surface area (TPSA) is 44.3 Å². The Hall–Kier alpha value is -2.88. The molecule has 23 heavy (non-hydrogen) atoms. The van der Waals surface area contributed by atoms with Gasteiger partial charge in [-0.3, -0.25) is 5.01 Å². The van der Waals surface area contributed by atoms with Gasteiger partial charge in [0.1, 0.15) is 5.65 Å². The number of pyridine rings is 1. The molecule has 0 unspecified atom stereocenters. The van der Waals surface area contributed by atoms with Gasteiger partial charge in [0, 0.05) is 29.9 Å². The van der Waals surface area contributed by atoms with Crippen molar-refractivity contribution in [3.8, 4) is 0 Å². The van der Waals surface area contributed by atoms with Crippen LogP contribution in [-0.4, -0.2) is 22.2 Å². The summed E-state index contributed by atoms with van der Waals surface area (Å²) < 4.78 is 0. The van der Waals surface area contributed by atoms with Gasteiger partial charge in [-0.2, -0.15) is 5.10 Å². The smallest absolute Gasteiger partial charge is 0.139 e. The summed E-state index contributed by atoms with van der Waals surface area (Å²) in [6.07, 6.45) is 6.38. The molecule has 0 saturated heterocycles. The highest BCUT2D eigenvalue weighted by molar-refractivity contribution is 5.91. The number of hydrogen-bond acceptors (Lipinski definition) is 3. The zero-order valence-electron chi connectivity index (χ0n) is 13.2. The molecular weight excluding hydrogens is 284 g/mol. The van der Waals surface area contributed by atoms with E-state index in [1.54, 1.807) is 6.20 Å². The number of aromatic amines is 1. The van der Waals surface area contributed by atoms with E-state index in [0.717, 1.165) is 28.9 Å². The molecule has 0 aliphatic heterocycles. The highest BCUT2D eigenvalue weighted by Crippen LogP contribution is 2.25. The molecule has 116 valence electrons. The quantitative estimate of drug-likeness (QED) is 0.422. The van der Waals surface area contributed by atoms with E-state index in [4.69, 9.17) is 5.10 Å². The lowest BCUT2D eigenvalue weighted by molar-refractivity contribution is 0.937. The largest absolute Gasteiger partial charge is 0.346 e. The number of hydrogen-bond donors (Lipinski definition) is 1. The lowest BCUT2D eigenvalue weighted by Crippen LogP contribution is -2.19. The van der Waals surface area contributed by atoms with Crippen LogP contribution >= 0.6 is 0 Å². The predicted octanol–water partition coefficient (Wildman–Crippen LogP) is 4.17. The number of benzene rings is 1. The Bertz CT molecular complexity index is 818. The van der Waals surface area contributed by atoms with Crippen LogP contribution in [0.1, 0.15) is 12.5 Å².